The maximum Gasteiger partial charge on any atom is 0.351 e. The van der Waals surface area contributed by atoms with Crippen molar-refractivity contribution in [3.63, 3.8) is 0 Å². The molecule has 2 aromatic rings. The fraction of sp³-hybridized carbons (Fsp3) is 0.522. The number of aromatic nitrogens is 2. The molecule has 8 nitrogen and oxygen atoms in total. The van der Waals surface area contributed by atoms with Gasteiger partial charge in [0.05, 0.1) is 19.9 Å². The molecule has 174 valence electrons. The molecule has 0 saturated carbocycles. The summed E-state index contributed by atoms with van der Waals surface area (Å²) in [5, 5.41) is 12.1. The Kier molecular flexibility index (Phi) is 7.08. The van der Waals surface area contributed by atoms with Crippen molar-refractivity contribution < 1.29 is 19.2 Å². The van der Waals surface area contributed by atoms with Gasteiger partial charge in [-0.1, -0.05) is 39.0 Å². The number of nitrogens with one attached hydrogen (secondary N) is 1. The van der Waals surface area contributed by atoms with Crippen LogP contribution in [0.4, 0.5) is 5.82 Å². The molecule has 4 atom stereocenters. The van der Waals surface area contributed by atoms with E-state index in [0.717, 1.165) is 0 Å². The molecule has 0 aliphatic carbocycles. The minimum absolute atomic E-state index is 0.135. The zero-order valence-corrected chi connectivity index (χ0v) is 20.1. The highest BCUT2D eigenvalue weighted by Crippen LogP contribution is 2.57. The van der Waals surface area contributed by atoms with Crippen molar-refractivity contribution in [3.8, 4) is 0 Å². The van der Waals surface area contributed by atoms with E-state index < -0.39 is 25.2 Å². The van der Waals surface area contributed by atoms with E-state index in [1.165, 1.54) is 4.57 Å². The minimum Gasteiger partial charge on any atom is -0.394 e. The van der Waals surface area contributed by atoms with Crippen molar-refractivity contribution in [1.82, 2.24) is 9.55 Å². The number of anilines is 1. The van der Waals surface area contributed by atoms with Gasteiger partial charge in [-0.25, -0.2) is 4.79 Å². The number of ether oxygens (including phenoxy) is 1. The Bertz CT molecular complexity index is 1080. The highest BCUT2D eigenvalue weighted by atomic mass is 31.2. The number of amides is 1. The lowest BCUT2D eigenvalue weighted by Crippen LogP contribution is -2.29. The average molecular weight is 461 g/mol. The van der Waals surface area contributed by atoms with Crippen LogP contribution in [0.5, 0.6) is 0 Å². The van der Waals surface area contributed by atoms with E-state index >= 15 is 0 Å². The predicted molar refractivity (Wildman–Crippen MR) is 125 cm³/mol. The van der Waals surface area contributed by atoms with Crippen molar-refractivity contribution in [2.24, 2.45) is 5.92 Å². The van der Waals surface area contributed by atoms with Crippen LogP contribution in [0, 0.1) is 12.8 Å². The smallest absolute Gasteiger partial charge is 0.351 e. The lowest BCUT2D eigenvalue weighted by molar-refractivity contribution is -0.0311. The van der Waals surface area contributed by atoms with Crippen LogP contribution in [0.3, 0.4) is 0 Å². The Morgan fingerprint density at radius 2 is 1.97 bits per heavy atom. The van der Waals surface area contributed by atoms with Gasteiger partial charge in [-0.3, -0.25) is 9.36 Å². The first kappa shape index (κ1) is 24.4. The molecule has 2 heterocycles. The summed E-state index contributed by atoms with van der Waals surface area (Å²) in [6, 6.07) is 8.69. The summed E-state index contributed by atoms with van der Waals surface area (Å²) >= 11 is 0. The monoisotopic (exact) mass is 461 g/mol. The number of carbonyl (C=O) groups excluding carboxylic acids is 1. The molecular formula is C23H32N3O5P. The molecule has 32 heavy (non-hydrogen) atoms. The van der Waals surface area contributed by atoms with E-state index in [0.29, 0.717) is 23.7 Å². The van der Waals surface area contributed by atoms with Gasteiger partial charge in [-0.05, 0) is 38.1 Å². The number of aryl methyl sites for hydroxylation is 1. The van der Waals surface area contributed by atoms with Crippen molar-refractivity contribution in [3.05, 3.63) is 58.1 Å². The van der Waals surface area contributed by atoms with Crippen LogP contribution >= 0.6 is 7.14 Å². The van der Waals surface area contributed by atoms with Crippen LogP contribution in [-0.2, 0) is 9.30 Å². The molecule has 3 rings (SSSR count). The van der Waals surface area contributed by atoms with Crippen LogP contribution in [-0.4, -0.2) is 51.3 Å². The van der Waals surface area contributed by atoms with Gasteiger partial charge in [0.25, 0.3) is 5.91 Å². The SMILES string of the molecule is Cc1cn(C2CC(CP(C)(=O)C(C)(C)C)C(CO)O2)c(=O)nc1NC(=O)c1ccccc1. The number of hydrogen-bond donors (Lipinski definition) is 2. The third kappa shape index (κ3) is 5.20. The summed E-state index contributed by atoms with van der Waals surface area (Å²) in [6.45, 7) is 9.19. The van der Waals surface area contributed by atoms with Gasteiger partial charge >= 0.3 is 5.69 Å². The first-order valence-corrected chi connectivity index (χ1v) is 13.1. The number of carbonyl (C=O) groups is 1. The molecule has 1 aliphatic heterocycles. The molecule has 4 unspecified atom stereocenters. The quantitative estimate of drug-likeness (QED) is 0.637. The summed E-state index contributed by atoms with van der Waals surface area (Å²) in [7, 11) is -2.51. The molecule has 1 fully saturated rings. The Morgan fingerprint density at radius 3 is 2.56 bits per heavy atom. The molecule has 2 N–H and O–H groups in total. The zero-order chi connectivity index (χ0) is 23.7. The molecule has 1 aliphatic rings. The number of benzene rings is 1. The summed E-state index contributed by atoms with van der Waals surface area (Å²) in [6.07, 6.45) is 1.38. The van der Waals surface area contributed by atoms with Gasteiger partial charge < -0.3 is 19.7 Å². The van der Waals surface area contributed by atoms with Gasteiger partial charge in [0.15, 0.2) is 0 Å². The normalized spacial score (nSPS) is 23.0. The second kappa shape index (κ2) is 9.30. The Hall–Kier alpha value is -2.28. The molecule has 1 aromatic carbocycles. The van der Waals surface area contributed by atoms with Gasteiger partial charge in [0.2, 0.25) is 0 Å². The Labute approximate surface area is 188 Å². The van der Waals surface area contributed by atoms with E-state index in [4.69, 9.17) is 4.74 Å². The summed E-state index contributed by atoms with van der Waals surface area (Å²) in [4.78, 5) is 29.2. The number of aliphatic hydroxyl groups excluding tert-OH is 1. The predicted octanol–water partition coefficient (Wildman–Crippen LogP) is 3.49. The summed E-state index contributed by atoms with van der Waals surface area (Å²) in [5.41, 5.74) is 0.516. The van der Waals surface area contributed by atoms with E-state index in [9.17, 15) is 19.3 Å². The summed E-state index contributed by atoms with van der Waals surface area (Å²) < 4.78 is 20.6. The van der Waals surface area contributed by atoms with Crippen LogP contribution in [0.15, 0.2) is 41.3 Å². The summed E-state index contributed by atoms with van der Waals surface area (Å²) in [5.74, 6) is -0.291. The van der Waals surface area contributed by atoms with Crippen molar-refractivity contribution in [2.45, 2.75) is 51.6 Å². The van der Waals surface area contributed by atoms with Gasteiger partial charge in [-0.15, -0.1) is 0 Å². The molecule has 1 saturated heterocycles. The van der Waals surface area contributed by atoms with Crippen molar-refractivity contribution >= 4 is 18.9 Å². The van der Waals surface area contributed by atoms with Crippen LogP contribution in [0.2, 0.25) is 0 Å². The number of aliphatic hydroxyl groups is 1. The minimum atomic E-state index is -2.51. The van der Waals surface area contributed by atoms with E-state index in [2.05, 4.69) is 10.3 Å². The molecule has 1 aromatic heterocycles. The van der Waals surface area contributed by atoms with E-state index in [1.807, 2.05) is 26.8 Å². The highest BCUT2D eigenvalue weighted by molar-refractivity contribution is 7.64. The second-order valence-corrected chi connectivity index (χ2v) is 13.5. The van der Waals surface area contributed by atoms with Crippen LogP contribution < -0.4 is 11.0 Å². The molecule has 0 bridgehead atoms. The van der Waals surface area contributed by atoms with Crippen LogP contribution in [0.1, 0.15) is 49.3 Å². The van der Waals surface area contributed by atoms with Crippen LogP contribution in [0.25, 0.3) is 0 Å². The fourth-order valence-corrected chi connectivity index (χ4v) is 5.56. The Balaban J connectivity index is 1.80. The van der Waals surface area contributed by atoms with Gasteiger partial charge in [-0.2, -0.15) is 4.98 Å². The van der Waals surface area contributed by atoms with Gasteiger partial charge in [0.1, 0.15) is 12.0 Å². The number of nitrogens with zero attached hydrogens (tertiary/aromatic N) is 2. The molecule has 0 radical (unpaired) electrons. The topological polar surface area (TPSA) is 111 Å². The first-order chi connectivity index (χ1) is 14.9. The average Bonchev–Trinajstić information content (AvgIpc) is 3.12. The van der Waals surface area contributed by atoms with Gasteiger partial charge in [0, 0.05) is 28.6 Å². The first-order valence-electron chi connectivity index (χ1n) is 10.7. The molecule has 0 spiro atoms. The van der Waals surface area contributed by atoms with Crippen molar-refractivity contribution in [2.75, 3.05) is 24.8 Å². The van der Waals surface area contributed by atoms with E-state index in [-0.39, 0.29) is 29.4 Å². The highest BCUT2D eigenvalue weighted by Gasteiger charge is 2.42. The third-order valence-electron chi connectivity index (χ3n) is 6.26. The molecule has 1 amide bonds. The zero-order valence-electron chi connectivity index (χ0n) is 19.2. The Morgan fingerprint density at radius 1 is 1.31 bits per heavy atom. The fourth-order valence-electron chi connectivity index (χ4n) is 3.73. The molecule has 9 heteroatoms. The third-order valence-corrected chi connectivity index (χ3v) is 10.3. The maximum absolute atomic E-state index is 13.2. The maximum atomic E-state index is 13.2. The number of hydrogen-bond acceptors (Lipinski definition) is 6. The standard InChI is InChI=1S/C23H32N3O5P/c1-15-12-26(22(29)25-20(15)24-21(28)16-9-7-6-8-10-16)19-11-17(18(13-27)31-19)14-32(5,30)23(2,3)4/h6-10,12,17-19,27H,11,13-14H2,1-5H3,(H,24,25,28,29). The molecular weight excluding hydrogens is 429 g/mol. The second-order valence-electron chi connectivity index (χ2n) is 9.54. The largest absolute Gasteiger partial charge is 0.394 e. The lowest BCUT2D eigenvalue weighted by atomic mass is 10.0. The van der Waals surface area contributed by atoms with Crippen molar-refractivity contribution in [1.29, 1.82) is 0 Å². The van der Waals surface area contributed by atoms with E-state index in [1.54, 1.807) is 44.1 Å². The lowest BCUT2D eigenvalue weighted by Gasteiger charge is -2.31. The number of rotatable bonds is 6.